The molecule has 0 aliphatic carbocycles. The minimum Gasteiger partial charge on any atom is -0.349 e. The first-order valence-corrected chi connectivity index (χ1v) is 6.25. The van der Waals surface area contributed by atoms with Gasteiger partial charge in [0.25, 0.3) is 0 Å². The number of rotatable bonds is 5. The summed E-state index contributed by atoms with van der Waals surface area (Å²) in [6.45, 7) is 2.41. The Morgan fingerprint density at radius 2 is 2.32 bits per heavy atom. The number of fused-ring (bicyclic) bond motifs is 1. The number of nitrogens with zero attached hydrogens (tertiary/aromatic N) is 2. The van der Waals surface area contributed by atoms with E-state index in [-0.39, 0.29) is 11.6 Å². The number of amides is 1. The minimum atomic E-state index is -0.0688. The van der Waals surface area contributed by atoms with Gasteiger partial charge in [0.05, 0.1) is 17.7 Å². The molecule has 0 atom stereocenters. The Morgan fingerprint density at radius 3 is 3.05 bits per heavy atom. The molecule has 3 rings (SSSR count). The Kier molecular flexibility index (Phi) is 2.92. The van der Waals surface area contributed by atoms with E-state index in [1.54, 1.807) is 6.20 Å². The standard InChI is InChI=1S/C12H16N6O/c1-12(17-18-12)5-4-10(19)14-7-9-15-8-3-2-6-13-11(8)16-9/h2-3,6,17-18H,4-5,7H2,1H3,(H,14,19)(H,13,15,16). The second-order valence-corrected chi connectivity index (χ2v) is 4.92. The van der Waals surface area contributed by atoms with Crippen LogP contribution in [0, 0.1) is 0 Å². The van der Waals surface area contributed by atoms with Crippen LogP contribution in [0.2, 0.25) is 0 Å². The van der Waals surface area contributed by atoms with Gasteiger partial charge >= 0.3 is 0 Å². The van der Waals surface area contributed by atoms with Gasteiger partial charge in [-0.05, 0) is 25.5 Å². The van der Waals surface area contributed by atoms with Crippen LogP contribution in [0.25, 0.3) is 11.2 Å². The molecule has 2 aromatic rings. The van der Waals surface area contributed by atoms with Gasteiger partial charge in [-0.3, -0.25) is 4.79 Å². The van der Waals surface area contributed by atoms with Crippen LogP contribution < -0.4 is 16.2 Å². The van der Waals surface area contributed by atoms with E-state index in [2.05, 4.69) is 31.1 Å². The van der Waals surface area contributed by atoms with Crippen molar-refractivity contribution in [2.45, 2.75) is 32.0 Å². The maximum atomic E-state index is 11.7. The maximum Gasteiger partial charge on any atom is 0.220 e. The first kappa shape index (κ1) is 12.1. The molecule has 1 amide bonds. The Morgan fingerprint density at radius 1 is 1.47 bits per heavy atom. The molecule has 0 radical (unpaired) electrons. The average Bonchev–Trinajstić information content (AvgIpc) is 3.01. The predicted molar refractivity (Wildman–Crippen MR) is 69.6 cm³/mol. The number of carbonyl (C=O) groups excluding carboxylic acids is 1. The fourth-order valence-electron chi connectivity index (χ4n) is 1.84. The summed E-state index contributed by atoms with van der Waals surface area (Å²) >= 11 is 0. The smallest absolute Gasteiger partial charge is 0.220 e. The van der Waals surface area contributed by atoms with E-state index in [0.717, 1.165) is 17.8 Å². The molecular formula is C12H16N6O. The topological polar surface area (TPSA) is 115 Å². The number of aromatic amines is 1. The van der Waals surface area contributed by atoms with Crippen LogP contribution in [0.1, 0.15) is 25.6 Å². The number of hydrazine groups is 1. The quantitative estimate of drug-likeness (QED) is 0.572. The number of imidazole rings is 1. The highest BCUT2D eigenvalue weighted by Gasteiger charge is 2.35. The minimum absolute atomic E-state index is 0.0186. The molecule has 0 saturated carbocycles. The van der Waals surface area contributed by atoms with Gasteiger partial charge < -0.3 is 10.3 Å². The third kappa shape index (κ3) is 2.88. The summed E-state index contributed by atoms with van der Waals surface area (Å²) in [5.41, 5.74) is 7.49. The van der Waals surface area contributed by atoms with Crippen molar-refractivity contribution in [2.24, 2.45) is 0 Å². The lowest BCUT2D eigenvalue weighted by Gasteiger charge is -2.05. The van der Waals surface area contributed by atoms with Crippen molar-refractivity contribution in [1.82, 2.24) is 31.1 Å². The van der Waals surface area contributed by atoms with Crippen molar-refractivity contribution in [3.05, 3.63) is 24.2 Å². The van der Waals surface area contributed by atoms with E-state index >= 15 is 0 Å². The first-order valence-electron chi connectivity index (χ1n) is 6.25. The largest absolute Gasteiger partial charge is 0.349 e. The Balaban J connectivity index is 1.52. The molecule has 7 nitrogen and oxygen atoms in total. The number of hydrogen-bond acceptors (Lipinski definition) is 5. The average molecular weight is 260 g/mol. The number of nitrogens with one attached hydrogen (secondary N) is 4. The van der Waals surface area contributed by atoms with E-state index in [4.69, 9.17) is 0 Å². The molecule has 0 bridgehead atoms. The number of aromatic nitrogens is 3. The monoisotopic (exact) mass is 260 g/mol. The van der Waals surface area contributed by atoms with Crippen LogP contribution in [0.15, 0.2) is 18.3 Å². The summed E-state index contributed by atoms with van der Waals surface area (Å²) in [4.78, 5) is 23.2. The summed E-state index contributed by atoms with van der Waals surface area (Å²) < 4.78 is 0. The lowest BCUT2D eigenvalue weighted by Crippen LogP contribution is -2.25. The number of carbonyl (C=O) groups is 1. The van der Waals surface area contributed by atoms with Crippen LogP contribution in [0.5, 0.6) is 0 Å². The molecule has 0 spiro atoms. The number of pyridine rings is 1. The van der Waals surface area contributed by atoms with Crippen LogP contribution in [0.3, 0.4) is 0 Å². The lowest BCUT2D eigenvalue weighted by molar-refractivity contribution is -0.121. The van der Waals surface area contributed by atoms with Crippen LogP contribution in [0.4, 0.5) is 0 Å². The molecule has 1 saturated heterocycles. The molecule has 1 aliphatic heterocycles. The fourth-order valence-corrected chi connectivity index (χ4v) is 1.84. The van der Waals surface area contributed by atoms with Gasteiger partial charge in [-0.2, -0.15) is 0 Å². The molecule has 100 valence electrons. The van der Waals surface area contributed by atoms with Crippen LogP contribution in [-0.2, 0) is 11.3 Å². The molecule has 2 aromatic heterocycles. The van der Waals surface area contributed by atoms with Gasteiger partial charge in [0, 0.05) is 12.6 Å². The van der Waals surface area contributed by atoms with Gasteiger partial charge in [-0.15, -0.1) is 0 Å². The molecule has 7 heteroatoms. The van der Waals surface area contributed by atoms with Crippen molar-refractivity contribution < 1.29 is 4.79 Å². The zero-order valence-electron chi connectivity index (χ0n) is 10.7. The van der Waals surface area contributed by atoms with Gasteiger partial charge in [0.1, 0.15) is 5.82 Å². The summed E-state index contributed by atoms with van der Waals surface area (Å²) in [5.74, 6) is 0.737. The van der Waals surface area contributed by atoms with E-state index in [1.807, 2.05) is 19.1 Å². The molecule has 0 aromatic carbocycles. The van der Waals surface area contributed by atoms with Crippen molar-refractivity contribution in [2.75, 3.05) is 0 Å². The molecule has 19 heavy (non-hydrogen) atoms. The predicted octanol–water partition coefficient (Wildman–Crippen LogP) is 0.178. The van der Waals surface area contributed by atoms with Gasteiger partial charge in [0.15, 0.2) is 5.65 Å². The van der Waals surface area contributed by atoms with E-state index < -0.39 is 0 Å². The zero-order valence-corrected chi connectivity index (χ0v) is 10.7. The summed E-state index contributed by atoms with van der Waals surface area (Å²) in [5, 5.41) is 2.84. The van der Waals surface area contributed by atoms with Crippen LogP contribution in [-0.4, -0.2) is 26.5 Å². The number of hydrogen-bond donors (Lipinski definition) is 4. The van der Waals surface area contributed by atoms with Gasteiger partial charge in [0.2, 0.25) is 5.91 Å². The molecule has 1 aliphatic rings. The number of H-pyrrole nitrogens is 1. The van der Waals surface area contributed by atoms with Gasteiger partial charge in [-0.1, -0.05) is 0 Å². The zero-order chi connectivity index (χ0) is 13.3. The second kappa shape index (κ2) is 4.60. The highest BCUT2D eigenvalue weighted by molar-refractivity contribution is 5.76. The maximum absolute atomic E-state index is 11.7. The van der Waals surface area contributed by atoms with Gasteiger partial charge in [-0.25, -0.2) is 20.8 Å². The third-order valence-corrected chi connectivity index (χ3v) is 3.16. The van der Waals surface area contributed by atoms with E-state index in [0.29, 0.717) is 18.6 Å². The van der Waals surface area contributed by atoms with E-state index in [1.165, 1.54) is 0 Å². The lowest BCUT2D eigenvalue weighted by atomic mass is 10.1. The fraction of sp³-hybridized carbons (Fsp3) is 0.417. The van der Waals surface area contributed by atoms with Crippen molar-refractivity contribution in [1.29, 1.82) is 0 Å². The SMILES string of the molecule is CC1(CCC(=O)NCc2nc3ncccc3[nH]2)NN1. The highest BCUT2D eigenvalue weighted by atomic mass is 16.1. The second-order valence-electron chi connectivity index (χ2n) is 4.92. The summed E-state index contributed by atoms with van der Waals surface area (Å²) in [6.07, 6.45) is 2.94. The van der Waals surface area contributed by atoms with Crippen molar-refractivity contribution in [3.63, 3.8) is 0 Å². The third-order valence-electron chi connectivity index (χ3n) is 3.16. The van der Waals surface area contributed by atoms with E-state index in [9.17, 15) is 4.79 Å². The Hall–Kier alpha value is -1.99. The molecule has 3 heterocycles. The highest BCUT2D eigenvalue weighted by Crippen LogP contribution is 2.15. The molecular weight excluding hydrogens is 244 g/mol. The van der Waals surface area contributed by atoms with Crippen molar-refractivity contribution >= 4 is 17.1 Å². The summed E-state index contributed by atoms with van der Waals surface area (Å²) in [6, 6.07) is 3.76. The normalized spacial score (nSPS) is 16.5. The molecule has 4 N–H and O–H groups in total. The van der Waals surface area contributed by atoms with Crippen LogP contribution >= 0.6 is 0 Å². The van der Waals surface area contributed by atoms with Crippen molar-refractivity contribution in [3.8, 4) is 0 Å². The molecule has 0 unspecified atom stereocenters. The summed E-state index contributed by atoms with van der Waals surface area (Å²) in [7, 11) is 0. The first-order chi connectivity index (χ1) is 9.15. The Labute approximate surface area is 110 Å². The molecule has 1 fully saturated rings. The Bertz CT molecular complexity index is 570.